The van der Waals surface area contributed by atoms with Crippen molar-refractivity contribution in [3.05, 3.63) is 11.9 Å². The topological polar surface area (TPSA) is 72.1 Å². The van der Waals surface area contributed by atoms with Gasteiger partial charge in [0.15, 0.2) is 6.29 Å². The highest BCUT2D eigenvalue weighted by Gasteiger charge is 2.18. The molecule has 2 rings (SSSR count). The van der Waals surface area contributed by atoms with E-state index in [0.29, 0.717) is 11.4 Å². The second kappa shape index (κ2) is 3.61. The van der Waals surface area contributed by atoms with Crippen LogP contribution in [0, 0.1) is 0 Å². The highest BCUT2D eigenvalue weighted by atomic mass is 16.1. The van der Waals surface area contributed by atoms with Gasteiger partial charge in [-0.25, -0.2) is 9.97 Å². The molecule has 1 aliphatic rings. The zero-order valence-electron chi connectivity index (χ0n) is 7.81. The smallest absolute Gasteiger partial charge is 0.157 e. The lowest BCUT2D eigenvalue weighted by molar-refractivity contribution is 0.112. The molecule has 1 saturated heterocycles. The average molecular weight is 192 g/mol. The van der Waals surface area contributed by atoms with E-state index >= 15 is 0 Å². The van der Waals surface area contributed by atoms with Crippen LogP contribution in [0.1, 0.15) is 23.2 Å². The fourth-order valence-corrected chi connectivity index (χ4v) is 1.69. The molecule has 1 aliphatic heterocycles. The minimum Gasteiger partial charge on any atom is -0.383 e. The first-order chi connectivity index (χ1) is 6.83. The number of hydrogen-bond donors (Lipinski definition) is 1. The number of rotatable bonds is 2. The fourth-order valence-electron chi connectivity index (χ4n) is 1.69. The van der Waals surface area contributed by atoms with Crippen LogP contribution in [-0.2, 0) is 0 Å². The van der Waals surface area contributed by atoms with Crippen molar-refractivity contribution in [2.75, 3.05) is 23.7 Å². The lowest BCUT2D eigenvalue weighted by Gasteiger charge is -2.17. The molecule has 1 aromatic heterocycles. The maximum Gasteiger partial charge on any atom is 0.157 e. The minimum atomic E-state index is 0.261. The Balaban J connectivity index is 2.40. The molecule has 0 spiro atoms. The number of carbonyl (C=O) groups excluding carboxylic acids is 1. The van der Waals surface area contributed by atoms with Crippen molar-refractivity contribution in [1.82, 2.24) is 9.97 Å². The molecule has 0 saturated carbocycles. The van der Waals surface area contributed by atoms with Crippen LogP contribution in [0.2, 0.25) is 0 Å². The summed E-state index contributed by atoms with van der Waals surface area (Å²) in [5, 5.41) is 0. The van der Waals surface area contributed by atoms with E-state index in [9.17, 15) is 4.79 Å². The van der Waals surface area contributed by atoms with Crippen LogP contribution in [-0.4, -0.2) is 29.3 Å². The summed E-state index contributed by atoms with van der Waals surface area (Å²) in [6.07, 6.45) is 4.41. The molecule has 74 valence electrons. The Hall–Kier alpha value is -1.65. The third kappa shape index (κ3) is 1.41. The van der Waals surface area contributed by atoms with E-state index in [1.807, 2.05) is 0 Å². The lowest BCUT2D eigenvalue weighted by atomic mass is 10.3. The largest absolute Gasteiger partial charge is 0.383 e. The third-order valence-electron chi connectivity index (χ3n) is 2.42. The molecule has 1 aromatic rings. The van der Waals surface area contributed by atoms with Crippen molar-refractivity contribution in [2.24, 2.45) is 0 Å². The van der Waals surface area contributed by atoms with Crippen LogP contribution in [0.15, 0.2) is 6.33 Å². The van der Waals surface area contributed by atoms with Gasteiger partial charge < -0.3 is 10.6 Å². The number of nitrogens with two attached hydrogens (primary N) is 1. The first kappa shape index (κ1) is 8.93. The van der Waals surface area contributed by atoms with E-state index in [1.54, 1.807) is 0 Å². The molecule has 2 N–H and O–H groups in total. The van der Waals surface area contributed by atoms with Crippen LogP contribution >= 0.6 is 0 Å². The van der Waals surface area contributed by atoms with E-state index < -0.39 is 0 Å². The Morgan fingerprint density at radius 2 is 2.07 bits per heavy atom. The minimum absolute atomic E-state index is 0.261. The van der Waals surface area contributed by atoms with Gasteiger partial charge in [0.25, 0.3) is 0 Å². The van der Waals surface area contributed by atoms with Gasteiger partial charge in [-0.15, -0.1) is 0 Å². The number of hydrogen-bond acceptors (Lipinski definition) is 5. The van der Waals surface area contributed by atoms with Gasteiger partial charge in [-0.1, -0.05) is 0 Å². The van der Waals surface area contributed by atoms with Gasteiger partial charge in [-0.2, -0.15) is 0 Å². The molecule has 1 fully saturated rings. The third-order valence-corrected chi connectivity index (χ3v) is 2.42. The van der Waals surface area contributed by atoms with Crippen molar-refractivity contribution >= 4 is 17.9 Å². The van der Waals surface area contributed by atoms with E-state index in [1.165, 1.54) is 6.33 Å². The summed E-state index contributed by atoms with van der Waals surface area (Å²) in [4.78, 5) is 20.8. The van der Waals surface area contributed by atoms with Crippen molar-refractivity contribution in [1.29, 1.82) is 0 Å². The molecule has 0 aromatic carbocycles. The van der Waals surface area contributed by atoms with Gasteiger partial charge >= 0.3 is 0 Å². The zero-order chi connectivity index (χ0) is 9.97. The number of carbonyl (C=O) groups is 1. The standard InChI is InChI=1S/C9H12N4O/c10-8-7(5-14)9(12-6-11-8)13-3-1-2-4-13/h5-6H,1-4H2,(H2,10,11,12). The summed E-state index contributed by atoms with van der Waals surface area (Å²) in [6.45, 7) is 1.88. The van der Waals surface area contributed by atoms with Crippen molar-refractivity contribution in [3.63, 3.8) is 0 Å². The van der Waals surface area contributed by atoms with E-state index in [4.69, 9.17) is 5.73 Å². The first-order valence-corrected chi connectivity index (χ1v) is 4.63. The van der Waals surface area contributed by atoms with Crippen LogP contribution in [0.3, 0.4) is 0 Å². The number of anilines is 2. The molecule has 5 nitrogen and oxygen atoms in total. The van der Waals surface area contributed by atoms with E-state index in [2.05, 4.69) is 14.9 Å². The first-order valence-electron chi connectivity index (χ1n) is 4.63. The predicted octanol–water partition coefficient (Wildman–Crippen LogP) is 0.471. The van der Waals surface area contributed by atoms with Crippen LogP contribution in [0.25, 0.3) is 0 Å². The maximum absolute atomic E-state index is 10.8. The number of aldehydes is 1. The number of nitrogens with zero attached hydrogens (tertiary/aromatic N) is 3. The summed E-state index contributed by atoms with van der Waals surface area (Å²) in [7, 11) is 0. The molecule has 0 radical (unpaired) electrons. The van der Waals surface area contributed by atoms with Crippen molar-refractivity contribution in [2.45, 2.75) is 12.8 Å². The summed E-state index contributed by atoms with van der Waals surface area (Å²) >= 11 is 0. The molecular weight excluding hydrogens is 180 g/mol. The van der Waals surface area contributed by atoms with Crippen molar-refractivity contribution in [3.8, 4) is 0 Å². The van der Waals surface area contributed by atoms with Gasteiger partial charge in [0.2, 0.25) is 0 Å². The van der Waals surface area contributed by atoms with Gasteiger partial charge in [0.1, 0.15) is 18.0 Å². The quantitative estimate of drug-likeness (QED) is 0.689. The molecule has 0 aliphatic carbocycles. The Kier molecular flexibility index (Phi) is 2.30. The highest BCUT2D eigenvalue weighted by molar-refractivity contribution is 5.88. The van der Waals surface area contributed by atoms with Gasteiger partial charge in [0.05, 0.1) is 5.56 Å². The maximum atomic E-state index is 10.8. The predicted molar refractivity (Wildman–Crippen MR) is 53.3 cm³/mol. The number of nitrogen functional groups attached to an aromatic ring is 1. The van der Waals surface area contributed by atoms with Gasteiger partial charge in [-0.05, 0) is 12.8 Å². The van der Waals surface area contributed by atoms with Crippen molar-refractivity contribution < 1.29 is 4.79 Å². The van der Waals surface area contributed by atoms with Gasteiger partial charge in [-0.3, -0.25) is 4.79 Å². The van der Waals surface area contributed by atoms with Gasteiger partial charge in [0, 0.05) is 13.1 Å². The molecule has 14 heavy (non-hydrogen) atoms. The SMILES string of the molecule is Nc1ncnc(N2CCCC2)c1C=O. The normalized spacial score (nSPS) is 15.9. The Morgan fingerprint density at radius 3 is 2.71 bits per heavy atom. The summed E-state index contributed by atoms with van der Waals surface area (Å²) in [5.74, 6) is 0.932. The number of aromatic nitrogens is 2. The Morgan fingerprint density at radius 1 is 1.36 bits per heavy atom. The highest BCUT2D eigenvalue weighted by Crippen LogP contribution is 2.22. The summed E-state index contributed by atoms with van der Waals surface area (Å²) in [6, 6.07) is 0. The van der Waals surface area contributed by atoms with E-state index in [0.717, 1.165) is 32.2 Å². The van der Waals surface area contributed by atoms with Crippen LogP contribution in [0.4, 0.5) is 11.6 Å². The molecule has 0 atom stereocenters. The molecule has 5 heteroatoms. The molecular formula is C9H12N4O. The summed E-state index contributed by atoms with van der Waals surface area (Å²) < 4.78 is 0. The molecule has 0 unspecified atom stereocenters. The second-order valence-electron chi connectivity index (χ2n) is 3.31. The molecule has 2 heterocycles. The fraction of sp³-hybridized carbons (Fsp3) is 0.444. The van der Waals surface area contributed by atoms with E-state index in [-0.39, 0.29) is 5.82 Å². The zero-order valence-corrected chi connectivity index (χ0v) is 7.81. The summed E-state index contributed by atoms with van der Waals surface area (Å²) in [5.41, 5.74) is 6.00. The van der Waals surface area contributed by atoms with Crippen LogP contribution in [0.5, 0.6) is 0 Å². The Bertz CT molecular complexity index is 347. The molecule has 0 bridgehead atoms. The average Bonchev–Trinajstić information content (AvgIpc) is 2.70. The monoisotopic (exact) mass is 192 g/mol. The second-order valence-corrected chi connectivity index (χ2v) is 3.31. The lowest BCUT2D eigenvalue weighted by Crippen LogP contribution is -2.21. The Labute approximate surface area is 82.0 Å². The van der Waals surface area contributed by atoms with Crippen LogP contribution < -0.4 is 10.6 Å². The molecule has 0 amide bonds.